The molecule has 0 fully saturated rings. The van der Waals surface area contributed by atoms with Gasteiger partial charge in [-0.2, -0.15) is 0 Å². The van der Waals surface area contributed by atoms with Crippen LogP contribution in [0.1, 0.15) is 11.1 Å². The minimum Gasteiger partial charge on any atom is -0.481 e. The number of fused-ring (bicyclic) bond motifs is 1. The highest BCUT2D eigenvalue weighted by molar-refractivity contribution is 6.31. The molecule has 0 atom stereocenters. The second-order valence-corrected chi connectivity index (χ2v) is 8.42. The molecule has 4 aromatic rings. The number of nitrogens with zero attached hydrogens (tertiary/aromatic N) is 1. The van der Waals surface area contributed by atoms with Crippen LogP contribution in [0.2, 0.25) is 5.02 Å². The third kappa shape index (κ3) is 5.88. The number of nitrogens with one attached hydrogen (secondary N) is 2. The molecule has 0 aliphatic rings. The maximum atomic E-state index is 12.5. The van der Waals surface area contributed by atoms with Gasteiger partial charge in [-0.1, -0.05) is 47.5 Å². The lowest BCUT2D eigenvalue weighted by molar-refractivity contribution is -0.142. The van der Waals surface area contributed by atoms with E-state index in [4.69, 9.17) is 26.1 Å². The van der Waals surface area contributed by atoms with Gasteiger partial charge >= 0.3 is 12.0 Å². The molecule has 0 aliphatic heterocycles. The average molecular weight is 490 g/mol. The number of aromatic nitrogens is 1. The van der Waals surface area contributed by atoms with Crippen molar-refractivity contribution in [3.05, 3.63) is 82.9 Å². The van der Waals surface area contributed by atoms with Crippen LogP contribution >= 0.6 is 11.6 Å². The van der Waals surface area contributed by atoms with E-state index in [0.717, 1.165) is 16.7 Å². The molecule has 0 radical (unpaired) electrons. The monoisotopic (exact) mass is 489 g/mol. The highest BCUT2D eigenvalue weighted by Crippen LogP contribution is 2.32. The van der Waals surface area contributed by atoms with Gasteiger partial charge in [0.1, 0.15) is 5.75 Å². The first kappa shape index (κ1) is 24.0. The number of methoxy groups -OCH3 is 1. The largest absolute Gasteiger partial charge is 0.481 e. The number of hydrogen-bond acceptors (Lipinski definition) is 5. The van der Waals surface area contributed by atoms with Crippen LogP contribution in [0.15, 0.2) is 66.7 Å². The summed E-state index contributed by atoms with van der Waals surface area (Å²) < 4.78 is 10.5. The van der Waals surface area contributed by atoms with Crippen molar-refractivity contribution in [2.24, 2.45) is 0 Å². The summed E-state index contributed by atoms with van der Waals surface area (Å²) in [4.78, 5) is 29.0. The Morgan fingerprint density at radius 1 is 0.914 bits per heavy atom. The molecular weight excluding hydrogens is 466 g/mol. The van der Waals surface area contributed by atoms with Crippen molar-refractivity contribution >= 4 is 45.9 Å². The Bertz CT molecular complexity index is 1400. The molecule has 178 valence electrons. The number of pyridine rings is 1. The maximum Gasteiger partial charge on any atom is 0.343 e. The summed E-state index contributed by atoms with van der Waals surface area (Å²) in [6.07, 6.45) is 0. The number of hydrogen-bond donors (Lipinski definition) is 2. The summed E-state index contributed by atoms with van der Waals surface area (Å²) in [6.45, 7) is 3.65. The molecule has 0 aliphatic carbocycles. The zero-order valence-corrected chi connectivity index (χ0v) is 20.3. The van der Waals surface area contributed by atoms with E-state index in [2.05, 4.69) is 10.6 Å². The number of esters is 1. The molecule has 8 heteroatoms. The maximum absolute atomic E-state index is 12.5. The number of benzene rings is 3. The smallest absolute Gasteiger partial charge is 0.343 e. The van der Waals surface area contributed by atoms with E-state index < -0.39 is 12.0 Å². The summed E-state index contributed by atoms with van der Waals surface area (Å²) in [5.41, 5.74) is 5.43. The van der Waals surface area contributed by atoms with Crippen LogP contribution in [-0.4, -0.2) is 30.7 Å². The molecule has 2 N–H and O–H groups in total. The molecule has 0 saturated heterocycles. The van der Waals surface area contributed by atoms with Crippen molar-refractivity contribution in [3.63, 3.8) is 0 Å². The predicted molar refractivity (Wildman–Crippen MR) is 138 cm³/mol. The van der Waals surface area contributed by atoms with Gasteiger partial charge in [0.05, 0.1) is 18.3 Å². The van der Waals surface area contributed by atoms with E-state index in [0.29, 0.717) is 38.7 Å². The highest BCUT2D eigenvalue weighted by atomic mass is 35.5. The van der Waals surface area contributed by atoms with Crippen LogP contribution in [0.4, 0.5) is 16.2 Å². The predicted octanol–water partition coefficient (Wildman–Crippen LogP) is 6.37. The third-order valence-corrected chi connectivity index (χ3v) is 5.79. The highest BCUT2D eigenvalue weighted by Gasteiger charge is 2.13. The number of anilines is 2. The SMILES string of the molecule is COC(=O)COc1cc(-c2ccc(C)cc2)nc2ccc(NC(=O)Nc3ccc(C)c(Cl)c3)cc12. The number of halogens is 1. The topological polar surface area (TPSA) is 89.6 Å². The summed E-state index contributed by atoms with van der Waals surface area (Å²) >= 11 is 6.14. The van der Waals surface area contributed by atoms with Gasteiger partial charge in [-0.05, 0) is 49.7 Å². The lowest BCUT2D eigenvalue weighted by Crippen LogP contribution is -2.19. The Morgan fingerprint density at radius 3 is 2.29 bits per heavy atom. The number of carbonyl (C=O) groups is 2. The first-order valence-corrected chi connectivity index (χ1v) is 11.3. The zero-order chi connectivity index (χ0) is 24.9. The van der Waals surface area contributed by atoms with Crippen molar-refractivity contribution in [1.29, 1.82) is 0 Å². The molecule has 7 nitrogen and oxygen atoms in total. The molecule has 1 aromatic heterocycles. The summed E-state index contributed by atoms with van der Waals surface area (Å²) in [7, 11) is 1.30. The van der Waals surface area contributed by atoms with Crippen LogP contribution in [0.3, 0.4) is 0 Å². The second-order valence-electron chi connectivity index (χ2n) is 8.01. The molecule has 0 saturated carbocycles. The molecule has 3 aromatic carbocycles. The normalized spacial score (nSPS) is 10.6. The van der Waals surface area contributed by atoms with Gasteiger partial charge in [-0.3, -0.25) is 0 Å². The lowest BCUT2D eigenvalue weighted by atomic mass is 10.1. The fourth-order valence-electron chi connectivity index (χ4n) is 3.42. The van der Waals surface area contributed by atoms with Crippen molar-refractivity contribution in [1.82, 2.24) is 4.98 Å². The van der Waals surface area contributed by atoms with Crippen LogP contribution in [0.5, 0.6) is 5.75 Å². The van der Waals surface area contributed by atoms with Crippen molar-refractivity contribution in [2.45, 2.75) is 13.8 Å². The number of aryl methyl sites for hydroxylation is 2. The average Bonchev–Trinajstić information content (AvgIpc) is 2.85. The summed E-state index contributed by atoms with van der Waals surface area (Å²) in [5, 5.41) is 6.77. The third-order valence-electron chi connectivity index (χ3n) is 5.38. The Hall–Kier alpha value is -4.10. The minimum atomic E-state index is -0.503. The van der Waals surface area contributed by atoms with Crippen molar-refractivity contribution in [3.8, 4) is 17.0 Å². The number of ether oxygens (including phenoxy) is 2. The molecular formula is C27H24ClN3O4. The van der Waals surface area contributed by atoms with Gasteiger partial charge in [0.15, 0.2) is 6.61 Å². The van der Waals surface area contributed by atoms with Crippen molar-refractivity contribution in [2.75, 3.05) is 24.4 Å². The molecule has 2 amide bonds. The Morgan fingerprint density at radius 2 is 1.60 bits per heavy atom. The number of amides is 2. The van der Waals surface area contributed by atoms with Crippen LogP contribution in [0.25, 0.3) is 22.2 Å². The van der Waals surface area contributed by atoms with Gasteiger partial charge in [-0.15, -0.1) is 0 Å². The van der Waals surface area contributed by atoms with Gasteiger partial charge in [0.25, 0.3) is 0 Å². The number of carbonyl (C=O) groups excluding carboxylic acids is 2. The Kier molecular flexibility index (Phi) is 7.17. The second kappa shape index (κ2) is 10.4. The lowest BCUT2D eigenvalue weighted by Gasteiger charge is -2.13. The van der Waals surface area contributed by atoms with Crippen molar-refractivity contribution < 1.29 is 19.1 Å². The van der Waals surface area contributed by atoms with Gasteiger partial charge in [-0.25, -0.2) is 14.6 Å². The first-order chi connectivity index (χ1) is 16.8. The summed E-state index contributed by atoms with van der Waals surface area (Å²) in [5.74, 6) is -0.0531. The fraction of sp³-hybridized carbons (Fsp3) is 0.148. The van der Waals surface area contributed by atoms with Crippen LogP contribution in [-0.2, 0) is 9.53 Å². The van der Waals surface area contributed by atoms with Gasteiger partial charge < -0.3 is 20.1 Å². The van der Waals surface area contributed by atoms with Crippen LogP contribution < -0.4 is 15.4 Å². The number of rotatable bonds is 6. The van der Waals surface area contributed by atoms with E-state index in [1.165, 1.54) is 7.11 Å². The zero-order valence-electron chi connectivity index (χ0n) is 19.5. The molecule has 0 spiro atoms. The first-order valence-electron chi connectivity index (χ1n) is 10.9. The van der Waals surface area contributed by atoms with E-state index in [9.17, 15) is 9.59 Å². The van der Waals surface area contributed by atoms with Gasteiger partial charge in [0, 0.05) is 33.4 Å². The molecule has 35 heavy (non-hydrogen) atoms. The standard InChI is InChI=1S/C27H24ClN3O4/c1-16-4-7-18(8-5-16)24-14-25(35-15-26(32)34-3)21-12-19(10-11-23(21)31-24)29-27(33)30-20-9-6-17(2)22(28)13-20/h4-14H,15H2,1-3H3,(H2,29,30,33). The Balaban J connectivity index is 1.64. The van der Waals surface area contributed by atoms with Gasteiger partial charge in [0.2, 0.25) is 0 Å². The molecule has 4 rings (SSSR count). The molecule has 1 heterocycles. The van der Waals surface area contributed by atoms with E-state index in [-0.39, 0.29) is 6.61 Å². The van der Waals surface area contributed by atoms with Crippen LogP contribution in [0, 0.1) is 13.8 Å². The minimum absolute atomic E-state index is 0.255. The fourth-order valence-corrected chi connectivity index (χ4v) is 3.60. The van der Waals surface area contributed by atoms with E-state index in [1.807, 2.05) is 44.2 Å². The Labute approximate surface area is 208 Å². The molecule has 0 unspecified atom stereocenters. The quantitative estimate of drug-likeness (QED) is 0.307. The van der Waals surface area contributed by atoms with E-state index >= 15 is 0 Å². The number of urea groups is 1. The summed E-state index contributed by atoms with van der Waals surface area (Å²) in [6, 6.07) is 19.9. The van der Waals surface area contributed by atoms with E-state index in [1.54, 1.807) is 36.4 Å². The molecule has 0 bridgehead atoms.